The predicted molar refractivity (Wildman–Crippen MR) is 87.3 cm³/mol. The zero-order valence-corrected chi connectivity index (χ0v) is 14.6. The van der Waals surface area contributed by atoms with Crippen LogP contribution >= 0.6 is 0 Å². The van der Waals surface area contributed by atoms with Crippen molar-refractivity contribution < 1.29 is 18.0 Å². The van der Waals surface area contributed by atoms with Gasteiger partial charge in [0, 0.05) is 18.7 Å². The Labute approximate surface area is 137 Å². The van der Waals surface area contributed by atoms with Crippen molar-refractivity contribution in [2.75, 3.05) is 14.2 Å². The van der Waals surface area contributed by atoms with Crippen LogP contribution in [0.3, 0.4) is 0 Å². The summed E-state index contributed by atoms with van der Waals surface area (Å²) in [5.41, 5.74) is 0.341. The summed E-state index contributed by atoms with van der Waals surface area (Å²) in [6.45, 7) is 2.14. The van der Waals surface area contributed by atoms with Gasteiger partial charge in [-0.25, -0.2) is 8.42 Å². The van der Waals surface area contributed by atoms with Crippen LogP contribution in [-0.4, -0.2) is 39.0 Å². The first-order valence-corrected chi connectivity index (χ1v) is 9.24. The van der Waals surface area contributed by atoms with Gasteiger partial charge in [-0.3, -0.25) is 9.63 Å². The van der Waals surface area contributed by atoms with Crippen molar-refractivity contribution in [3.63, 3.8) is 0 Å². The van der Waals surface area contributed by atoms with Crippen molar-refractivity contribution in [3.8, 4) is 0 Å². The molecule has 1 amide bonds. The van der Waals surface area contributed by atoms with Crippen LogP contribution in [0.1, 0.15) is 43.0 Å². The highest BCUT2D eigenvalue weighted by Gasteiger charge is 2.25. The third kappa shape index (κ3) is 4.10. The largest absolute Gasteiger partial charge is 0.349 e. The van der Waals surface area contributed by atoms with Gasteiger partial charge in [-0.2, -0.15) is 0 Å². The molecule has 0 aliphatic heterocycles. The second-order valence-electron chi connectivity index (χ2n) is 5.97. The van der Waals surface area contributed by atoms with Crippen molar-refractivity contribution in [2.45, 2.75) is 43.5 Å². The van der Waals surface area contributed by atoms with Gasteiger partial charge in [0.2, 0.25) is 0 Å². The van der Waals surface area contributed by atoms with E-state index < -0.39 is 10.0 Å². The van der Waals surface area contributed by atoms with Gasteiger partial charge in [0.05, 0.1) is 12.0 Å². The molecule has 1 aromatic rings. The molecule has 128 valence electrons. The van der Waals surface area contributed by atoms with Crippen molar-refractivity contribution in [2.24, 2.45) is 5.92 Å². The first-order valence-electron chi connectivity index (χ1n) is 7.80. The number of sulfonamides is 1. The third-order valence-corrected chi connectivity index (χ3v) is 6.09. The number of carbonyl (C=O) groups excluding carboxylic acids is 1. The smallest absolute Gasteiger partial charge is 0.264 e. The van der Waals surface area contributed by atoms with Crippen LogP contribution in [-0.2, 0) is 14.9 Å². The molecule has 2 unspecified atom stereocenters. The number of hydroxylamine groups is 1. The first-order chi connectivity index (χ1) is 10.9. The standard InChI is InChI=1S/C16H24N2O4S/c1-12-7-4-5-10-15(12)17-16(19)13-8-6-9-14(11-13)23(20,21)18(2)22-3/h6,8-9,11-12,15H,4-5,7,10H2,1-3H3,(H,17,19). The quantitative estimate of drug-likeness (QED) is 0.834. The van der Waals surface area contributed by atoms with Gasteiger partial charge in [0.25, 0.3) is 15.9 Å². The molecule has 1 aliphatic carbocycles. The summed E-state index contributed by atoms with van der Waals surface area (Å²) in [6, 6.07) is 6.17. The molecule has 0 aromatic heterocycles. The zero-order valence-electron chi connectivity index (χ0n) is 13.8. The molecule has 6 nitrogen and oxygen atoms in total. The van der Waals surface area contributed by atoms with Gasteiger partial charge in [0.15, 0.2) is 0 Å². The Kier molecular flexibility index (Phi) is 5.78. The van der Waals surface area contributed by atoms with Gasteiger partial charge in [-0.05, 0) is 37.0 Å². The van der Waals surface area contributed by atoms with E-state index in [9.17, 15) is 13.2 Å². The lowest BCUT2D eigenvalue weighted by atomic mass is 9.86. The Bertz CT molecular complexity index is 660. The molecule has 0 heterocycles. The second kappa shape index (κ2) is 7.42. The number of hydrogen-bond donors (Lipinski definition) is 1. The van der Waals surface area contributed by atoms with E-state index in [2.05, 4.69) is 12.2 Å². The normalized spacial score (nSPS) is 22.1. The van der Waals surface area contributed by atoms with Crippen LogP contribution in [0, 0.1) is 5.92 Å². The van der Waals surface area contributed by atoms with Gasteiger partial charge in [0.1, 0.15) is 0 Å². The summed E-state index contributed by atoms with van der Waals surface area (Å²) < 4.78 is 25.3. The molecular weight excluding hydrogens is 316 g/mol. The maximum absolute atomic E-state index is 12.4. The molecule has 1 aromatic carbocycles. The SMILES string of the molecule is CON(C)S(=O)(=O)c1cccc(C(=O)NC2CCCCC2C)c1. The van der Waals surface area contributed by atoms with Gasteiger partial charge < -0.3 is 5.32 Å². The molecule has 1 saturated carbocycles. The van der Waals surface area contributed by atoms with Crippen LogP contribution in [0.4, 0.5) is 0 Å². The Balaban J connectivity index is 2.17. The third-order valence-electron chi connectivity index (χ3n) is 4.42. The van der Waals surface area contributed by atoms with E-state index in [0.717, 1.165) is 23.7 Å². The molecular formula is C16H24N2O4S. The molecule has 1 aliphatic rings. The molecule has 1 fully saturated rings. The van der Waals surface area contributed by atoms with Gasteiger partial charge in [-0.15, -0.1) is 0 Å². The highest BCUT2D eigenvalue weighted by Crippen LogP contribution is 2.24. The van der Waals surface area contributed by atoms with Crippen LogP contribution in [0.5, 0.6) is 0 Å². The van der Waals surface area contributed by atoms with Crippen molar-refractivity contribution >= 4 is 15.9 Å². The number of hydrogen-bond acceptors (Lipinski definition) is 4. The molecule has 7 heteroatoms. The summed E-state index contributed by atoms with van der Waals surface area (Å²) in [4.78, 5) is 17.2. The molecule has 0 saturated heterocycles. The Hall–Kier alpha value is -1.44. The van der Waals surface area contributed by atoms with E-state index in [1.807, 2.05) is 0 Å². The lowest BCUT2D eigenvalue weighted by Crippen LogP contribution is -2.41. The Morgan fingerprint density at radius 1 is 1.30 bits per heavy atom. The van der Waals surface area contributed by atoms with Crippen molar-refractivity contribution in [1.82, 2.24) is 9.79 Å². The second-order valence-corrected chi connectivity index (χ2v) is 7.90. The summed E-state index contributed by atoms with van der Waals surface area (Å²) in [5, 5.41) is 3.03. The van der Waals surface area contributed by atoms with E-state index in [0.29, 0.717) is 11.5 Å². The summed E-state index contributed by atoms with van der Waals surface area (Å²) in [6.07, 6.45) is 4.39. The van der Waals surface area contributed by atoms with Crippen molar-refractivity contribution in [1.29, 1.82) is 0 Å². The van der Waals surface area contributed by atoms with Gasteiger partial charge >= 0.3 is 0 Å². The predicted octanol–water partition coefficient (Wildman–Crippen LogP) is 2.18. The molecule has 23 heavy (non-hydrogen) atoms. The van der Waals surface area contributed by atoms with Crippen LogP contribution in [0.25, 0.3) is 0 Å². The zero-order chi connectivity index (χ0) is 17.0. The lowest BCUT2D eigenvalue weighted by Gasteiger charge is -2.29. The fourth-order valence-electron chi connectivity index (χ4n) is 2.83. The van der Waals surface area contributed by atoms with Crippen LogP contribution in [0.2, 0.25) is 0 Å². The number of rotatable bonds is 5. The van der Waals surface area contributed by atoms with E-state index in [1.54, 1.807) is 12.1 Å². The number of nitrogens with zero attached hydrogens (tertiary/aromatic N) is 1. The molecule has 0 spiro atoms. The molecule has 0 radical (unpaired) electrons. The number of nitrogens with one attached hydrogen (secondary N) is 1. The molecule has 0 bridgehead atoms. The highest BCUT2D eigenvalue weighted by atomic mass is 32.2. The fourth-order valence-corrected chi connectivity index (χ4v) is 3.85. The minimum atomic E-state index is -3.76. The lowest BCUT2D eigenvalue weighted by molar-refractivity contribution is -0.0258. The number of amides is 1. The average Bonchev–Trinajstić information content (AvgIpc) is 2.56. The molecule has 1 N–H and O–H groups in total. The number of carbonyl (C=O) groups is 1. The van der Waals surface area contributed by atoms with Crippen LogP contribution < -0.4 is 5.32 Å². The summed E-state index contributed by atoms with van der Waals surface area (Å²) >= 11 is 0. The minimum absolute atomic E-state index is 0.0335. The monoisotopic (exact) mass is 340 g/mol. The van der Waals surface area contributed by atoms with Crippen molar-refractivity contribution in [3.05, 3.63) is 29.8 Å². The van der Waals surface area contributed by atoms with E-state index in [1.165, 1.54) is 32.7 Å². The Morgan fingerprint density at radius 2 is 2.00 bits per heavy atom. The molecule has 2 rings (SSSR count). The van der Waals surface area contributed by atoms with Crippen LogP contribution in [0.15, 0.2) is 29.2 Å². The highest BCUT2D eigenvalue weighted by molar-refractivity contribution is 7.89. The maximum Gasteiger partial charge on any atom is 0.264 e. The minimum Gasteiger partial charge on any atom is -0.349 e. The van der Waals surface area contributed by atoms with E-state index in [-0.39, 0.29) is 16.8 Å². The summed E-state index contributed by atoms with van der Waals surface area (Å²) in [5.74, 6) is 0.208. The molecule has 2 atom stereocenters. The van der Waals surface area contributed by atoms with E-state index in [4.69, 9.17) is 4.84 Å². The van der Waals surface area contributed by atoms with Gasteiger partial charge in [-0.1, -0.05) is 30.3 Å². The van der Waals surface area contributed by atoms with E-state index >= 15 is 0 Å². The average molecular weight is 340 g/mol. The Morgan fingerprint density at radius 3 is 2.65 bits per heavy atom. The fraction of sp³-hybridized carbons (Fsp3) is 0.562. The first kappa shape index (κ1) is 17.9. The summed E-state index contributed by atoms with van der Waals surface area (Å²) in [7, 11) is -1.17. The number of benzene rings is 1. The topological polar surface area (TPSA) is 75.7 Å². The maximum atomic E-state index is 12.4.